The average molecular weight is 300 g/mol. The summed E-state index contributed by atoms with van der Waals surface area (Å²) in [5, 5.41) is 0. The first kappa shape index (κ1) is 13.0. The van der Waals surface area contributed by atoms with Gasteiger partial charge in [-0.15, -0.1) is 0 Å². The minimum Gasteiger partial charge on any atom is -0.325 e. The van der Waals surface area contributed by atoms with Gasteiger partial charge in [0.05, 0.1) is 0 Å². The van der Waals surface area contributed by atoms with Crippen molar-refractivity contribution in [1.82, 2.24) is 0 Å². The van der Waals surface area contributed by atoms with Crippen LogP contribution in [0.15, 0.2) is 22.7 Å². The molecule has 94 valence electrons. The first-order valence-corrected chi connectivity index (χ1v) is 7.04. The molecule has 0 amide bonds. The third kappa shape index (κ3) is 3.08. The predicted octanol–water partition coefficient (Wildman–Crippen LogP) is 4.04. The highest BCUT2D eigenvalue weighted by molar-refractivity contribution is 9.10. The van der Waals surface area contributed by atoms with Crippen molar-refractivity contribution in [3.05, 3.63) is 34.1 Å². The van der Waals surface area contributed by atoms with E-state index in [1.807, 2.05) is 6.07 Å². The topological polar surface area (TPSA) is 26.0 Å². The minimum absolute atomic E-state index is 0.141. The lowest BCUT2D eigenvalue weighted by Gasteiger charge is -2.24. The third-order valence-electron chi connectivity index (χ3n) is 3.87. The molecule has 1 saturated carbocycles. The van der Waals surface area contributed by atoms with Gasteiger partial charge in [0.2, 0.25) is 0 Å². The fourth-order valence-corrected chi connectivity index (χ4v) is 3.25. The van der Waals surface area contributed by atoms with Crippen LogP contribution in [0.2, 0.25) is 0 Å². The number of halogens is 2. The van der Waals surface area contributed by atoms with Crippen molar-refractivity contribution < 1.29 is 4.39 Å². The van der Waals surface area contributed by atoms with Gasteiger partial charge in [0.1, 0.15) is 5.82 Å². The molecule has 0 saturated heterocycles. The predicted molar refractivity (Wildman–Crippen MR) is 72.4 cm³/mol. The Labute approximate surface area is 111 Å². The van der Waals surface area contributed by atoms with E-state index in [0.29, 0.717) is 6.42 Å². The monoisotopic (exact) mass is 299 g/mol. The third-order valence-corrected chi connectivity index (χ3v) is 4.37. The molecular weight excluding hydrogens is 281 g/mol. The van der Waals surface area contributed by atoms with Gasteiger partial charge in [-0.1, -0.05) is 29.3 Å². The Kier molecular flexibility index (Phi) is 3.88. The van der Waals surface area contributed by atoms with Crippen LogP contribution in [0.25, 0.3) is 0 Å². The van der Waals surface area contributed by atoms with E-state index in [9.17, 15) is 4.39 Å². The zero-order valence-electron chi connectivity index (χ0n) is 10.2. The first-order chi connectivity index (χ1) is 8.02. The quantitative estimate of drug-likeness (QED) is 0.896. The standard InChI is InChI=1S/C14H19BrFN/c1-2-10-5-6-14(17,8-10)9-11-7-12(15)3-4-13(11)16/h3-4,7,10H,2,5-6,8-9,17H2,1H3. The fourth-order valence-electron chi connectivity index (χ4n) is 2.84. The number of nitrogens with two attached hydrogens (primary N) is 1. The molecule has 3 heteroatoms. The Hall–Kier alpha value is -0.410. The Balaban J connectivity index is 2.13. The van der Waals surface area contributed by atoms with E-state index in [-0.39, 0.29) is 11.4 Å². The van der Waals surface area contributed by atoms with Gasteiger partial charge in [0.15, 0.2) is 0 Å². The summed E-state index contributed by atoms with van der Waals surface area (Å²) in [5.74, 6) is 0.577. The molecule has 1 nitrogen and oxygen atoms in total. The molecule has 17 heavy (non-hydrogen) atoms. The fraction of sp³-hybridized carbons (Fsp3) is 0.571. The first-order valence-electron chi connectivity index (χ1n) is 6.25. The van der Waals surface area contributed by atoms with Gasteiger partial charge in [0, 0.05) is 10.0 Å². The largest absolute Gasteiger partial charge is 0.325 e. The second-order valence-electron chi connectivity index (χ2n) is 5.29. The van der Waals surface area contributed by atoms with Crippen LogP contribution in [0.5, 0.6) is 0 Å². The molecule has 1 aromatic carbocycles. The van der Waals surface area contributed by atoms with E-state index in [4.69, 9.17) is 5.73 Å². The van der Waals surface area contributed by atoms with Crippen LogP contribution < -0.4 is 5.73 Å². The van der Waals surface area contributed by atoms with E-state index >= 15 is 0 Å². The Morgan fingerprint density at radius 1 is 1.53 bits per heavy atom. The second-order valence-corrected chi connectivity index (χ2v) is 6.21. The van der Waals surface area contributed by atoms with Gasteiger partial charge in [-0.05, 0) is 55.4 Å². The molecule has 2 N–H and O–H groups in total. The van der Waals surface area contributed by atoms with Crippen LogP contribution in [-0.2, 0) is 6.42 Å². The van der Waals surface area contributed by atoms with Crippen LogP contribution in [-0.4, -0.2) is 5.54 Å². The number of rotatable bonds is 3. The summed E-state index contributed by atoms with van der Waals surface area (Å²) in [6.45, 7) is 2.20. The van der Waals surface area contributed by atoms with Crippen molar-refractivity contribution in [1.29, 1.82) is 0 Å². The molecule has 2 unspecified atom stereocenters. The van der Waals surface area contributed by atoms with E-state index in [0.717, 1.165) is 28.8 Å². The highest BCUT2D eigenvalue weighted by Gasteiger charge is 2.35. The molecule has 0 bridgehead atoms. The number of benzene rings is 1. The van der Waals surface area contributed by atoms with Gasteiger partial charge >= 0.3 is 0 Å². The van der Waals surface area contributed by atoms with E-state index in [1.54, 1.807) is 6.07 Å². The van der Waals surface area contributed by atoms with Crippen LogP contribution in [0.4, 0.5) is 4.39 Å². The molecule has 0 aromatic heterocycles. The number of hydrogen-bond acceptors (Lipinski definition) is 1. The lowest BCUT2D eigenvalue weighted by molar-refractivity contribution is 0.400. The van der Waals surface area contributed by atoms with Crippen LogP contribution in [0.1, 0.15) is 38.2 Å². The van der Waals surface area contributed by atoms with Gasteiger partial charge in [-0.25, -0.2) is 4.39 Å². The van der Waals surface area contributed by atoms with Crippen LogP contribution >= 0.6 is 15.9 Å². The van der Waals surface area contributed by atoms with Crippen molar-refractivity contribution in [3.8, 4) is 0 Å². The van der Waals surface area contributed by atoms with Crippen molar-refractivity contribution in [2.24, 2.45) is 11.7 Å². The van der Waals surface area contributed by atoms with Crippen LogP contribution in [0.3, 0.4) is 0 Å². The summed E-state index contributed by atoms with van der Waals surface area (Å²) in [4.78, 5) is 0. The molecule has 0 radical (unpaired) electrons. The zero-order valence-corrected chi connectivity index (χ0v) is 11.8. The molecule has 0 heterocycles. The normalized spacial score (nSPS) is 28.6. The molecule has 2 atom stereocenters. The Morgan fingerprint density at radius 3 is 2.94 bits per heavy atom. The molecular formula is C14H19BrFN. The van der Waals surface area contributed by atoms with Crippen molar-refractivity contribution in [3.63, 3.8) is 0 Å². The lowest BCUT2D eigenvalue weighted by atomic mass is 9.88. The molecule has 1 aliphatic rings. The molecule has 0 spiro atoms. The van der Waals surface area contributed by atoms with Gasteiger partial charge < -0.3 is 5.73 Å². The Bertz CT molecular complexity index is 407. The molecule has 1 aromatic rings. The summed E-state index contributed by atoms with van der Waals surface area (Å²) in [7, 11) is 0. The van der Waals surface area contributed by atoms with Crippen LogP contribution in [0, 0.1) is 11.7 Å². The maximum atomic E-state index is 13.7. The van der Waals surface area contributed by atoms with E-state index in [1.165, 1.54) is 18.9 Å². The maximum absolute atomic E-state index is 13.7. The lowest BCUT2D eigenvalue weighted by Crippen LogP contribution is -2.39. The summed E-state index contributed by atoms with van der Waals surface area (Å²) in [6.07, 6.45) is 5.05. The maximum Gasteiger partial charge on any atom is 0.126 e. The number of hydrogen-bond donors (Lipinski definition) is 1. The van der Waals surface area contributed by atoms with Crippen molar-refractivity contribution in [2.45, 2.75) is 44.6 Å². The smallest absolute Gasteiger partial charge is 0.126 e. The molecule has 0 aliphatic heterocycles. The molecule has 1 aliphatic carbocycles. The Morgan fingerprint density at radius 2 is 2.29 bits per heavy atom. The molecule has 2 rings (SSSR count). The summed E-state index contributed by atoms with van der Waals surface area (Å²) in [6, 6.07) is 5.09. The average Bonchev–Trinajstić information content (AvgIpc) is 2.66. The SMILES string of the molecule is CCC1CCC(N)(Cc2cc(Br)ccc2F)C1. The van der Waals surface area contributed by atoms with Gasteiger partial charge in [-0.2, -0.15) is 0 Å². The summed E-state index contributed by atoms with van der Waals surface area (Å²) in [5.41, 5.74) is 6.92. The van der Waals surface area contributed by atoms with Crippen molar-refractivity contribution >= 4 is 15.9 Å². The van der Waals surface area contributed by atoms with Gasteiger partial charge in [0.25, 0.3) is 0 Å². The van der Waals surface area contributed by atoms with Crippen molar-refractivity contribution in [2.75, 3.05) is 0 Å². The minimum atomic E-state index is -0.206. The van der Waals surface area contributed by atoms with E-state index < -0.39 is 0 Å². The summed E-state index contributed by atoms with van der Waals surface area (Å²) < 4.78 is 14.6. The van der Waals surface area contributed by atoms with Gasteiger partial charge in [-0.3, -0.25) is 0 Å². The van der Waals surface area contributed by atoms with E-state index in [2.05, 4.69) is 22.9 Å². The highest BCUT2D eigenvalue weighted by atomic mass is 79.9. The zero-order chi connectivity index (χ0) is 12.5. The highest BCUT2D eigenvalue weighted by Crippen LogP contribution is 2.37. The molecule has 1 fully saturated rings. The summed E-state index contributed by atoms with van der Waals surface area (Å²) >= 11 is 3.38. The second kappa shape index (κ2) is 5.07.